The van der Waals surface area contributed by atoms with Crippen LogP contribution in [0.25, 0.3) is 0 Å². The van der Waals surface area contributed by atoms with Gasteiger partial charge in [0.2, 0.25) is 5.91 Å². The van der Waals surface area contributed by atoms with Gasteiger partial charge in [-0.15, -0.1) is 0 Å². The minimum atomic E-state index is -0.0477. The van der Waals surface area contributed by atoms with Crippen LogP contribution in [0, 0.1) is 12.8 Å². The Kier molecular flexibility index (Phi) is 6.50. The molecule has 174 valence electrons. The number of hydrogen-bond donors (Lipinski definition) is 0. The number of amides is 2. The highest BCUT2D eigenvalue weighted by Gasteiger charge is 2.40. The van der Waals surface area contributed by atoms with Crippen LogP contribution in [0.15, 0.2) is 48.5 Å². The lowest BCUT2D eigenvalue weighted by Crippen LogP contribution is -2.58. The molecule has 33 heavy (non-hydrogen) atoms. The molecule has 1 atom stereocenters. The van der Waals surface area contributed by atoms with Crippen LogP contribution in [0.5, 0.6) is 0 Å². The summed E-state index contributed by atoms with van der Waals surface area (Å²) in [5.41, 5.74) is 4.48. The summed E-state index contributed by atoms with van der Waals surface area (Å²) in [5, 5.41) is 0. The van der Waals surface area contributed by atoms with Crippen molar-refractivity contribution in [3.05, 3.63) is 70.8 Å². The topological polar surface area (TPSA) is 43.9 Å². The minimum Gasteiger partial charge on any atom is -0.337 e. The van der Waals surface area contributed by atoms with Gasteiger partial charge in [-0.1, -0.05) is 55.3 Å². The number of carbonyl (C=O) groups is 2. The molecule has 5 rings (SSSR count). The summed E-state index contributed by atoms with van der Waals surface area (Å²) in [7, 11) is 0. The van der Waals surface area contributed by atoms with Crippen molar-refractivity contribution in [3.63, 3.8) is 0 Å². The maximum atomic E-state index is 13.9. The van der Waals surface area contributed by atoms with Crippen LogP contribution < -0.4 is 0 Å². The molecule has 0 bridgehead atoms. The average Bonchev–Trinajstić information content (AvgIpc) is 3.38. The second kappa shape index (κ2) is 9.68. The zero-order valence-corrected chi connectivity index (χ0v) is 19.7. The Balaban J connectivity index is 1.28. The monoisotopic (exact) mass is 445 g/mol. The van der Waals surface area contributed by atoms with Crippen LogP contribution in [0.3, 0.4) is 0 Å². The Morgan fingerprint density at radius 3 is 2.21 bits per heavy atom. The summed E-state index contributed by atoms with van der Waals surface area (Å²) in [6.07, 6.45) is 5.68. The smallest absolute Gasteiger partial charge is 0.254 e. The zero-order valence-electron chi connectivity index (χ0n) is 19.7. The van der Waals surface area contributed by atoms with E-state index in [1.54, 1.807) is 0 Å². The van der Waals surface area contributed by atoms with Crippen LogP contribution >= 0.6 is 0 Å². The molecule has 1 saturated carbocycles. The first-order valence-electron chi connectivity index (χ1n) is 12.6. The molecule has 2 aliphatic heterocycles. The zero-order chi connectivity index (χ0) is 22.8. The first-order valence-corrected chi connectivity index (χ1v) is 12.6. The molecule has 3 aliphatic rings. The Bertz CT molecular complexity index is 1010. The number of nitrogens with zero attached hydrogens (tertiary/aromatic N) is 3. The summed E-state index contributed by atoms with van der Waals surface area (Å²) < 4.78 is 0. The Morgan fingerprint density at radius 1 is 0.818 bits per heavy atom. The molecule has 1 saturated heterocycles. The minimum absolute atomic E-state index is 0.0477. The van der Waals surface area contributed by atoms with Crippen LogP contribution in [0.2, 0.25) is 0 Å². The van der Waals surface area contributed by atoms with Gasteiger partial charge in [0, 0.05) is 44.8 Å². The molecule has 0 spiro atoms. The van der Waals surface area contributed by atoms with E-state index in [2.05, 4.69) is 34.1 Å². The fraction of sp³-hybridized carbons (Fsp3) is 0.500. The number of rotatable bonds is 4. The fourth-order valence-electron chi connectivity index (χ4n) is 5.99. The van der Waals surface area contributed by atoms with E-state index in [0.717, 1.165) is 56.6 Å². The van der Waals surface area contributed by atoms with Crippen LogP contribution in [0.4, 0.5) is 0 Å². The number of fused-ring (bicyclic) bond motifs is 1. The highest BCUT2D eigenvalue weighted by molar-refractivity contribution is 5.95. The largest absolute Gasteiger partial charge is 0.337 e. The van der Waals surface area contributed by atoms with Crippen molar-refractivity contribution >= 4 is 11.8 Å². The van der Waals surface area contributed by atoms with Gasteiger partial charge in [-0.2, -0.15) is 0 Å². The van der Waals surface area contributed by atoms with E-state index in [4.69, 9.17) is 0 Å². The molecule has 2 amide bonds. The average molecular weight is 446 g/mol. The predicted octanol–water partition coefficient (Wildman–Crippen LogP) is 3.90. The van der Waals surface area contributed by atoms with Gasteiger partial charge in [-0.3, -0.25) is 14.5 Å². The van der Waals surface area contributed by atoms with Gasteiger partial charge in [0.1, 0.15) is 0 Å². The van der Waals surface area contributed by atoms with Gasteiger partial charge in [0.25, 0.3) is 5.91 Å². The number of hydrogen-bond acceptors (Lipinski definition) is 3. The second-order valence-electron chi connectivity index (χ2n) is 9.91. The molecular formula is C28H35N3O2. The SMILES string of the molecule is Cc1ccccc1C(=O)N1CCN(C(C(=O)N2CCc3ccccc3C2)C2CCCC2)CC1. The van der Waals surface area contributed by atoms with Gasteiger partial charge < -0.3 is 9.80 Å². The molecule has 0 N–H and O–H groups in total. The molecule has 2 aromatic rings. The number of benzene rings is 2. The van der Waals surface area contributed by atoms with Crippen molar-refractivity contribution in [2.75, 3.05) is 32.7 Å². The maximum Gasteiger partial charge on any atom is 0.254 e. The van der Waals surface area contributed by atoms with Crippen LogP contribution in [0.1, 0.15) is 52.7 Å². The van der Waals surface area contributed by atoms with E-state index in [9.17, 15) is 9.59 Å². The fourth-order valence-corrected chi connectivity index (χ4v) is 5.99. The number of piperazine rings is 1. The lowest BCUT2D eigenvalue weighted by molar-refractivity contribution is -0.141. The molecule has 0 aromatic heterocycles. The van der Waals surface area contributed by atoms with Crippen molar-refractivity contribution in [1.29, 1.82) is 0 Å². The first kappa shape index (κ1) is 22.1. The van der Waals surface area contributed by atoms with Crippen molar-refractivity contribution in [2.24, 2.45) is 5.92 Å². The molecule has 5 heteroatoms. The van der Waals surface area contributed by atoms with Crippen molar-refractivity contribution < 1.29 is 9.59 Å². The van der Waals surface area contributed by atoms with Crippen molar-refractivity contribution in [3.8, 4) is 0 Å². The van der Waals surface area contributed by atoms with Crippen LogP contribution in [-0.2, 0) is 17.8 Å². The Labute approximate surface area is 197 Å². The van der Waals surface area contributed by atoms with Gasteiger partial charge in [-0.25, -0.2) is 0 Å². The molecule has 0 radical (unpaired) electrons. The molecule has 1 aliphatic carbocycles. The second-order valence-corrected chi connectivity index (χ2v) is 9.91. The lowest BCUT2D eigenvalue weighted by Gasteiger charge is -2.43. The lowest BCUT2D eigenvalue weighted by atomic mass is 9.92. The molecular weight excluding hydrogens is 410 g/mol. The van der Waals surface area contributed by atoms with E-state index in [-0.39, 0.29) is 11.9 Å². The number of aryl methyl sites for hydroxylation is 1. The van der Waals surface area contributed by atoms with E-state index in [0.29, 0.717) is 24.9 Å². The van der Waals surface area contributed by atoms with Crippen molar-refractivity contribution in [1.82, 2.24) is 14.7 Å². The van der Waals surface area contributed by atoms with Crippen molar-refractivity contribution in [2.45, 2.75) is 51.6 Å². The molecule has 2 fully saturated rings. The molecule has 2 aromatic carbocycles. The maximum absolute atomic E-state index is 13.9. The van der Waals surface area contributed by atoms with E-state index in [1.807, 2.05) is 36.1 Å². The summed E-state index contributed by atoms with van der Waals surface area (Å²) in [4.78, 5) is 33.4. The third-order valence-electron chi connectivity index (χ3n) is 7.91. The van der Waals surface area contributed by atoms with E-state index >= 15 is 0 Å². The van der Waals surface area contributed by atoms with Gasteiger partial charge >= 0.3 is 0 Å². The summed E-state index contributed by atoms with van der Waals surface area (Å²) in [6, 6.07) is 16.3. The third-order valence-corrected chi connectivity index (χ3v) is 7.91. The quantitative estimate of drug-likeness (QED) is 0.717. The van der Waals surface area contributed by atoms with Crippen LogP contribution in [-0.4, -0.2) is 65.3 Å². The Hall–Kier alpha value is -2.66. The summed E-state index contributed by atoms with van der Waals surface area (Å²) in [5.74, 6) is 0.854. The van der Waals surface area contributed by atoms with E-state index < -0.39 is 0 Å². The molecule has 2 heterocycles. The number of carbonyl (C=O) groups excluding carboxylic acids is 2. The predicted molar refractivity (Wildman–Crippen MR) is 130 cm³/mol. The summed E-state index contributed by atoms with van der Waals surface area (Å²) >= 11 is 0. The highest BCUT2D eigenvalue weighted by Crippen LogP contribution is 2.33. The van der Waals surface area contributed by atoms with E-state index in [1.165, 1.54) is 24.0 Å². The Morgan fingerprint density at radius 2 is 1.48 bits per heavy atom. The summed E-state index contributed by atoms with van der Waals surface area (Å²) in [6.45, 7) is 6.45. The van der Waals surface area contributed by atoms with Gasteiger partial charge in [-0.05, 0) is 54.9 Å². The van der Waals surface area contributed by atoms with Gasteiger partial charge in [0.15, 0.2) is 0 Å². The normalized spacial score (nSPS) is 20.5. The molecule has 5 nitrogen and oxygen atoms in total. The van der Waals surface area contributed by atoms with Gasteiger partial charge in [0.05, 0.1) is 6.04 Å². The molecule has 1 unspecified atom stereocenters. The highest BCUT2D eigenvalue weighted by atomic mass is 16.2. The first-order chi connectivity index (χ1) is 16.1. The third kappa shape index (κ3) is 4.56. The standard InChI is InChI=1S/C28H35N3O2/c1-21-8-2-7-13-25(21)27(32)30-18-16-29(17-19-30)26(23-10-4-5-11-23)28(33)31-15-14-22-9-3-6-12-24(22)20-31/h2-3,6-9,12-13,23,26H,4-5,10-11,14-20H2,1H3.